The van der Waals surface area contributed by atoms with E-state index in [9.17, 15) is 9.90 Å². The zero-order chi connectivity index (χ0) is 12.6. The normalized spacial score (nSPS) is 21.5. The molecule has 1 N–H and O–H groups in total. The molecule has 0 bridgehead atoms. The number of hydrogen-bond donors (Lipinski definition) is 1. The maximum absolute atomic E-state index is 11.6. The lowest BCUT2D eigenvalue weighted by Crippen LogP contribution is -2.41. The van der Waals surface area contributed by atoms with Crippen LogP contribution in [0.5, 0.6) is 0 Å². The van der Waals surface area contributed by atoms with Crippen molar-refractivity contribution >= 4 is 35.1 Å². The van der Waals surface area contributed by atoms with Crippen molar-refractivity contribution in [2.24, 2.45) is 0 Å². The summed E-state index contributed by atoms with van der Waals surface area (Å²) in [6, 6.07) is 0.875. The van der Waals surface area contributed by atoms with Crippen LogP contribution >= 0.6 is 23.2 Å². The number of cyclic esters (lactones) is 1. The average Bonchev–Trinajstić information content (AvgIpc) is 2.58. The van der Waals surface area contributed by atoms with Gasteiger partial charge in [0.1, 0.15) is 23.6 Å². The lowest BCUT2D eigenvalue weighted by atomic mass is 10.2. The van der Waals surface area contributed by atoms with Gasteiger partial charge >= 0.3 is 6.09 Å². The molecule has 1 aliphatic rings. The summed E-state index contributed by atoms with van der Waals surface area (Å²) in [5.74, 6) is 0.211. The molecule has 92 valence electrons. The largest absolute Gasteiger partial charge is 0.447 e. The first-order valence-electron chi connectivity index (χ1n) is 4.83. The predicted molar refractivity (Wildman–Crippen MR) is 61.3 cm³/mol. The second-order valence-electron chi connectivity index (χ2n) is 3.57. The van der Waals surface area contributed by atoms with Gasteiger partial charge in [0.05, 0.1) is 6.10 Å². The second-order valence-corrected chi connectivity index (χ2v) is 4.30. The molecule has 0 aromatic carbocycles. The van der Waals surface area contributed by atoms with Crippen LogP contribution in [0.1, 0.15) is 6.92 Å². The zero-order valence-corrected chi connectivity index (χ0v) is 10.3. The van der Waals surface area contributed by atoms with Crippen molar-refractivity contribution in [3.63, 3.8) is 0 Å². The number of anilines is 1. The number of rotatable bonds is 2. The highest BCUT2D eigenvalue weighted by molar-refractivity contribution is 6.32. The minimum absolute atomic E-state index is 0.0726. The fourth-order valence-corrected chi connectivity index (χ4v) is 1.96. The van der Waals surface area contributed by atoms with Gasteiger partial charge < -0.3 is 9.84 Å². The fourth-order valence-electron chi connectivity index (χ4n) is 1.56. The van der Waals surface area contributed by atoms with Gasteiger partial charge in [-0.05, 0) is 18.5 Å². The standard InChI is InChI=1S/C9H9Cl2N3O3/c1-4(15)5-3-17-9(16)14(5)7-2-6(10)12-8(11)13-7/h2,4-5,15H,3H2,1H3/t4-,5-/m1/s1. The van der Waals surface area contributed by atoms with Crippen molar-refractivity contribution in [3.05, 3.63) is 16.5 Å². The molecule has 0 unspecified atom stereocenters. The van der Waals surface area contributed by atoms with E-state index in [-0.39, 0.29) is 22.9 Å². The minimum Gasteiger partial charge on any atom is -0.447 e. The van der Waals surface area contributed by atoms with Gasteiger partial charge in [-0.3, -0.25) is 4.90 Å². The van der Waals surface area contributed by atoms with Crippen LogP contribution in [-0.2, 0) is 4.74 Å². The molecule has 0 saturated carbocycles. The summed E-state index contributed by atoms with van der Waals surface area (Å²) in [4.78, 5) is 20.3. The Kier molecular flexibility index (Phi) is 3.37. The van der Waals surface area contributed by atoms with E-state index in [1.165, 1.54) is 11.0 Å². The highest BCUT2D eigenvalue weighted by Crippen LogP contribution is 2.25. The van der Waals surface area contributed by atoms with Gasteiger partial charge in [-0.15, -0.1) is 0 Å². The van der Waals surface area contributed by atoms with Crippen LogP contribution in [-0.4, -0.2) is 39.9 Å². The number of aliphatic hydroxyl groups is 1. The quantitative estimate of drug-likeness (QED) is 0.655. The number of amides is 1. The Morgan fingerprint density at radius 2 is 2.29 bits per heavy atom. The van der Waals surface area contributed by atoms with E-state index in [1.54, 1.807) is 6.92 Å². The van der Waals surface area contributed by atoms with Crippen molar-refractivity contribution in [1.82, 2.24) is 9.97 Å². The summed E-state index contributed by atoms with van der Waals surface area (Å²) in [6.45, 7) is 1.65. The summed E-state index contributed by atoms with van der Waals surface area (Å²) in [7, 11) is 0. The third-order valence-electron chi connectivity index (χ3n) is 2.36. The summed E-state index contributed by atoms with van der Waals surface area (Å²) in [5.41, 5.74) is 0. The van der Waals surface area contributed by atoms with E-state index < -0.39 is 18.2 Å². The Labute approximate surface area is 107 Å². The maximum Gasteiger partial charge on any atom is 0.416 e. The number of hydrogen-bond acceptors (Lipinski definition) is 5. The molecule has 1 amide bonds. The molecule has 1 fully saturated rings. The van der Waals surface area contributed by atoms with Crippen molar-refractivity contribution < 1.29 is 14.6 Å². The van der Waals surface area contributed by atoms with Crippen LogP contribution in [0.15, 0.2) is 6.07 Å². The molecule has 8 heteroatoms. The molecule has 1 aliphatic heterocycles. The molecule has 2 heterocycles. The predicted octanol–water partition coefficient (Wildman–Crippen LogP) is 1.49. The van der Waals surface area contributed by atoms with Crippen LogP contribution in [0.2, 0.25) is 10.4 Å². The third-order valence-corrected chi connectivity index (χ3v) is 2.73. The first-order valence-corrected chi connectivity index (χ1v) is 5.59. The number of aliphatic hydroxyl groups excluding tert-OH is 1. The number of carbonyl (C=O) groups is 1. The van der Waals surface area contributed by atoms with Crippen molar-refractivity contribution in [2.75, 3.05) is 11.5 Å². The molecule has 0 radical (unpaired) electrons. The molecule has 1 aromatic rings. The van der Waals surface area contributed by atoms with Gasteiger partial charge in [0.25, 0.3) is 0 Å². The fraction of sp³-hybridized carbons (Fsp3) is 0.444. The first-order chi connectivity index (χ1) is 7.99. The zero-order valence-electron chi connectivity index (χ0n) is 8.80. The molecule has 17 heavy (non-hydrogen) atoms. The Morgan fingerprint density at radius 1 is 1.59 bits per heavy atom. The van der Waals surface area contributed by atoms with Gasteiger partial charge in [-0.1, -0.05) is 11.6 Å². The van der Waals surface area contributed by atoms with Crippen LogP contribution in [0.4, 0.5) is 10.6 Å². The molecule has 6 nitrogen and oxygen atoms in total. The third kappa shape index (κ3) is 2.43. The van der Waals surface area contributed by atoms with Crippen LogP contribution in [0, 0.1) is 0 Å². The van der Waals surface area contributed by atoms with E-state index in [4.69, 9.17) is 27.9 Å². The average molecular weight is 278 g/mol. The summed E-state index contributed by atoms with van der Waals surface area (Å²) >= 11 is 11.4. The minimum atomic E-state index is -0.756. The SMILES string of the molecule is C[C@@H](O)[C@H]1COC(=O)N1c1cc(Cl)nc(Cl)n1. The molecule has 0 aliphatic carbocycles. The van der Waals surface area contributed by atoms with E-state index in [0.717, 1.165) is 0 Å². The smallest absolute Gasteiger partial charge is 0.416 e. The molecule has 1 saturated heterocycles. The van der Waals surface area contributed by atoms with E-state index in [0.29, 0.717) is 0 Å². The lowest BCUT2D eigenvalue weighted by Gasteiger charge is -2.22. The number of nitrogens with zero attached hydrogens (tertiary/aromatic N) is 3. The van der Waals surface area contributed by atoms with E-state index in [1.807, 2.05) is 0 Å². The number of ether oxygens (including phenoxy) is 1. The Balaban J connectivity index is 2.39. The van der Waals surface area contributed by atoms with Crippen LogP contribution in [0.25, 0.3) is 0 Å². The summed E-state index contributed by atoms with van der Waals surface area (Å²) < 4.78 is 4.85. The topological polar surface area (TPSA) is 75.6 Å². The summed E-state index contributed by atoms with van der Waals surface area (Å²) in [6.07, 6.45) is -1.35. The second kappa shape index (κ2) is 4.64. The Bertz CT molecular complexity index is 435. The summed E-state index contributed by atoms with van der Waals surface area (Å²) in [5, 5.41) is 9.60. The monoisotopic (exact) mass is 277 g/mol. The van der Waals surface area contributed by atoms with Crippen molar-refractivity contribution in [2.45, 2.75) is 19.1 Å². The molecule has 0 spiro atoms. The number of aromatic nitrogens is 2. The number of halogens is 2. The first kappa shape index (κ1) is 12.3. The van der Waals surface area contributed by atoms with E-state index in [2.05, 4.69) is 9.97 Å². The Hall–Kier alpha value is -1.11. The highest BCUT2D eigenvalue weighted by atomic mass is 35.5. The molecular weight excluding hydrogens is 269 g/mol. The lowest BCUT2D eigenvalue weighted by molar-refractivity contribution is 0.142. The van der Waals surface area contributed by atoms with Crippen molar-refractivity contribution in [1.29, 1.82) is 0 Å². The number of carbonyl (C=O) groups excluding carboxylic acids is 1. The van der Waals surface area contributed by atoms with Crippen LogP contribution < -0.4 is 4.90 Å². The van der Waals surface area contributed by atoms with E-state index >= 15 is 0 Å². The molecule has 2 atom stereocenters. The molecular formula is C9H9Cl2N3O3. The van der Waals surface area contributed by atoms with Crippen LogP contribution in [0.3, 0.4) is 0 Å². The highest BCUT2D eigenvalue weighted by Gasteiger charge is 2.38. The van der Waals surface area contributed by atoms with Gasteiger partial charge in [0.2, 0.25) is 5.28 Å². The molecule has 1 aromatic heterocycles. The van der Waals surface area contributed by atoms with Gasteiger partial charge in [-0.25, -0.2) is 9.78 Å². The maximum atomic E-state index is 11.6. The van der Waals surface area contributed by atoms with Crippen molar-refractivity contribution in [3.8, 4) is 0 Å². The Morgan fingerprint density at radius 3 is 2.88 bits per heavy atom. The van der Waals surface area contributed by atoms with Gasteiger partial charge in [0, 0.05) is 6.07 Å². The molecule has 2 rings (SSSR count). The van der Waals surface area contributed by atoms with Gasteiger partial charge in [0.15, 0.2) is 0 Å². The van der Waals surface area contributed by atoms with Gasteiger partial charge in [-0.2, -0.15) is 4.98 Å².